The average molecular weight is 473 g/mol. The minimum absolute atomic E-state index is 0.130. The van der Waals surface area contributed by atoms with Gasteiger partial charge in [-0.05, 0) is 48.8 Å². The maximum Gasteiger partial charge on any atom is 0.329 e. The fraction of sp³-hybridized carbons (Fsp3) is 0.208. The molecule has 0 aliphatic heterocycles. The van der Waals surface area contributed by atoms with Crippen LogP contribution in [0.1, 0.15) is 17.0 Å². The largest absolute Gasteiger partial charge is 0.467 e. The number of aryl methyl sites for hydroxylation is 3. The Morgan fingerprint density at radius 3 is 2.69 bits per heavy atom. The van der Waals surface area contributed by atoms with Crippen LogP contribution in [0.4, 0.5) is 5.69 Å². The van der Waals surface area contributed by atoms with E-state index in [1.54, 1.807) is 13.1 Å². The van der Waals surface area contributed by atoms with Crippen molar-refractivity contribution in [2.75, 3.05) is 5.32 Å². The van der Waals surface area contributed by atoms with E-state index in [0.717, 1.165) is 11.1 Å². The molecule has 5 aromatic rings. The van der Waals surface area contributed by atoms with Gasteiger partial charge < -0.3 is 14.6 Å². The van der Waals surface area contributed by atoms with Gasteiger partial charge in [0, 0.05) is 24.4 Å². The quantitative estimate of drug-likeness (QED) is 0.371. The van der Waals surface area contributed by atoms with Crippen LogP contribution in [-0.4, -0.2) is 35.4 Å². The molecule has 35 heavy (non-hydrogen) atoms. The van der Waals surface area contributed by atoms with Crippen molar-refractivity contribution in [3.63, 3.8) is 0 Å². The number of rotatable bonds is 7. The van der Waals surface area contributed by atoms with Gasteiger partial charge in [-0.1, -0.05) is 17.7 Å². The van der Waals surface area contributed by atoms with Crippen LogP contribution in [0, 0.1) is 13.8 Å². The highest BCUT2D eigenvalue weighted by atomic mass is 16.5. The first-order valence-corrected chi connectivity index (χ1v) is 10.9. The van der Waals surface area contributed by atoms with Gasteiger partial charge in [-0.3, -0.25) is 19.0 Å². The molecule has 5 rings (SSSR count). The van der Waals surface area contributed by atoms with Crippen LogP contribution in [0.2, 0.25) is 0 Å². The summed E-state index contributed by atoms with van der Waals surface area (Å²) < 4.78 is 14.1. The molecule has 0 unspecified atom stereocenters. The zero-order chi connectivity index (χ0) is 24.5. The first-order chi connectivity index (χ1) is 16.9. The van der Waals surface area contributed by atoms with Gasteiger partial charge in [-0.2, -0.15) is 5.10 Å². The number of aromatic nitrogens is 6. The molecule has 0 atom stereocenters. The van der Waals surface area contributed by atoms with Crippen LogP contribution in [-0.2, 0) is 25.0 Å². The molecule has 1 amide bonds. The summed E-state index contributed by atoms with van der Waals surface area (Å²) in [5.41, 5.74) is 4.26. The Bertz CT molecular complexity index is 1560. The van der Waals surface area contributed by atoms with E-state index in [9.17, 15) is 9.59 Å². The summed E-state index contributed by atoms with van der Waals surface area (Å²) in [7, 11) is 1.66. The summed E-state index contributed by atoms with van der Waals surface area (Å²) >= 11 is 0. The predicted octanol–water partition coefficient (Wildman–Crippen LogP) is 2.95. The molecule has 0 aliphatic rings. The third kappa shape index (κ3) is 4.43. The Morgan fingerprint density at radius 2 is 1.94 bits per heavy atom. The number of carbonyl (C=O) groups is 1. The summed E-state index contributed by atoms with van der Waals surface area (Å²) in [4.78, 5) is 29.9. The number of hydrogen-bond donors (Lipinski definition) is 2. The molecule has 11 heteroatoms. The molecule has 0 fully saturated rings. The third-order valence-corrected chi connectivity index (χ3v) is 5.59. The monoisotopic (exact) mass is 473 g/mol. The number of amides is 1. The second-order valence-electron chi connectivity index (χ2n) is 8.27. The molecule has 0 aliphatic carbocycles. The summed E-state index contributed by atoms with van der Waals surface area (Å²) in [6.07, 6.45) is 1.39. The van der Waals surface area contributed by atoms with Crippen molar-refractivity contribution in [2.45, 2.75) is 27.0 Å². The summed E-state index contributed by atoms with van der Waals surface area (Å²) in [6.45, 7) is 3.91. The highest BCUT2D eigenvalue weighted by Crippen LogP contribution is 2.31. The topological polar surface area (TPSA) is 133 Å². The molecule has 11 nitrogen and oxygen atoms in total. The molecule has 3 heterocycles. The summed E-state index contributed by atoms with van der Waals surface area (Å²) in [5.74, 6) is 0.959. The van der Waals surface area contributed by atoms with Gasteiger partial charge >= 0.3 is 5.69 Å². The number of imidazole rings is 1. The molecule has 2 N–H and O–H groups in total. The van der Waals surface area contributed by atoms with Gasteiger partial charge in [-0.25, -0.2) is 9.78 Å². The number of fused-ring (bicyclic) bond motifs is 1. The van der Waals surface area contributed by atoms with E-state index in [-0.39, 0.29) is 30.6 Å². The number of ether oxygens (including phenoxy) is 1. The van der Waals surface area contributed by atoms with Crippen molar-refractivity contribution in [1.29, 1.82) is 0 Å². The highest BCUT2D eigenvalue weighted by Gasteiger charge is 2.20. The Kier molecular flexibility index (Phi) is 5.65. The van der Waals surface area contributed by atoms with Gasteiger partial charge in [-0.15, -0.1) is 0 Å². The Balaban J connectivity index is 1.46. The summed E-state index contributed by atoms with van der Waals surface area (Å²) in [5, 5.41) is 13.3. The molecule has 0 bridgehead atoms. The number of anilines is 1. The van der Waals surface area contributed by atoms with Crippen LogP contribution in [0.3, 0.4) is 0 Å². The first kappa shape index (κ1) is 22.1. The number of hydrogen-bond acceptors (Lipinski definition) is 7. The number of aromatic amines is 1. The molecule has 0 spiro atoms. The lowest BCUT2D eigenvalue weighted by molar-refractivity contribution is -0.116. The number of carbonyl (C=O) groups excluding carboxylic acids is 1. The maximum absolute atomic E-state index is 13.1. The van der Waals surface area contributed by atoms with Gasteiger partial charge in [0.05, 0.1) is 11.0 Å². The number of benzene rings is 2. The Labute approximate surface area is 199 Å². The van der Waals surface area contributed by atoms with Gasteiger partial charge in [0.2, 0.25) is 5.91 Å². The van der Waals surface area contributed by atoms with Crippen LogP contribution < -0.4 is 15.7 Å². The SMILES string of the molecule is Cc1ccc(NC(=O)Cn2c(=O)n(C)c3c(-c4cc(OCc5ncn[nH]5)no4)cc(C)cc32)cc1. The number of nitrogens with zero attached hydrogens (tertiary/aromatic N) is 5. The van der Waals surface area contributed by atoms with Crippen molar-refractivity contribution < 1.29 is 14.1 Å². The smallest absolute Gasteiger partial charge is 0.329 e. The lowest BCUT2D eigenvalue weighted by atomic mass is 10.1. The van der Waals surface area contributed by atoms with E-state index in [4.69, 9.17) is 9.26 Å². The van der Waals surface area contributed by atoms with E-state index in [2.05, 4.69) is 25.7 Å². The maximum atomic E-state index is 13.1. The number of nitrogens with one attached hydrogen (secondary N) is 2. The predicted molar refractivity (Wildman–Crippen MR) is 128 cm³/mol. The van der Waals surface area contributed by atoms with E-state index in [0.29, 0.717) is 33.9 Å². The van der Waals surface area contributed by atoms with Crippen LogP contribution in [0.25, 0.3) is 22.4 Å². The Hall–Kier alpha value is -4.67. The van der Waals surface area contributed by atoms with E-state index in [1.807, 2.05) is 50.2 Å². The average Bonchev–Trinajstić information content (AvgIpc) is 3.57. The fourth-order valence-corrected chi connectivity index (χ4v) is 3.92. The second-order valence-corrected chi connectivity index (χ2v) is 8.27. The van der Waals surface area contributed by atoms with Crippen molar-refractivity contribution in [3.8, 4) is 17.2 Å². The number of H-pyrrole nitrogens is 1. The van der Waals surface area contributed by atoms with Crippen molar-refractivity contribution in [1.82, 2.24) is 29.5 Å². The lowest BCUT2D eigenvalue weighted by Crippen LogP contribution is -2.28. The minimum atomic E-state index is -0.313. The second kappa shape index (κ2) is 8.93. The molecule has 0 radical (unpaired) electrons. The summed E-state index contributed by atoms with van der Waals surface area (Å²) in [6, 6.07) is 12.9. The molecule has 0 saturated carbocycles. The van der Waals surface area contributed by atoms with Crippen LogP contribution in [0.15, 0.2) is 58.1 Å². The Morgan fingerprint density at radius 1 is 1.14 bits per heavy atom. The zero-order valence-corrected chi connectivity index (χ0v) is 19.4. The first-order valence-electron chi connectivity index (χ1n) is 10.9. The highest BCUT2D eigenvalue weighted by molar-refractivity contribution is 5.95. The normalized spacial score (nSPS) is 11.2. The molecule has 2 aromatic carbocycles. The third-order valence-electron chi connectivity index (χ3n) is 5.59. The molecular formula is C24H23N7O4. The van der Waals surface area contributed by atoms with E-state index >= 15 is 0 Å². The van der Waals surface area contributed by atoms with E-state index < -0.39 is 0 Å². The zero-order valence-electron chi connectivity index (χ0n) is 19.4. The van der Waals surface area contributed by atoms with Gasteiger partial charge in [0.25, 0.3) is 5.88 Å². The van der Waals surface area contributed by atoms with Crippen molar-refractivity contribution in [2.24, 2.45) is 7.05 Å². The van der Waals surface area contributed by atoms with Crippen LogP contribution >= 0.6 is 0 Å². The molecule has 0 saturated heterocycles. The van der Waals surface area contributed by atoms with Gasteiger partial charge in [0.1, 0.15) is 19.5 Å². The molecular weight excluding hydrogens is 450 g/mol. The van der Waals surface area contributed by atoms with Crippen molar-refractivity contribution >= 4 is 22.6 Å². The lowest BCUT2D eigenvalue weighted by Gasteiger charge is -2.08. The van der Waals surface area contributed by atoms with Gasteiger partial charge in [0.15, 0.2) is 11.6 Å². The molecule has 3 aromatic heterocycles. The standard InChI is InChI=1S/C24H23N7O4/c1-14-4-6-16(7-5-14)27-21(32)11-31-18-9-15(2)8-17(23(18)30(3)24(31)33)19-10-22(29-35-19)34-12-20-25-13-26-28-20/h4-10,13H,11-12H2,1-3H3,(H,27,32)(H,25,26,28). The minimum Gasteiger partial charge on any atom is -0.467 e. The van der Waals surface area contributed by atoms with Crippen molar-refractivity contribution in [3.05, 3.63) is 76.2 Å². The molecule has 178 valence electrons. The fourth-order valence-electron chi connectivity index (χ4n) is 3.92. The van der Waals surface area contributed by atoms with E-state index in [1.165, 1.54) is 15.5 Å². The van der Waals surface area contributed by atoms with Crippen LogP contribution in [0.5, 0.6) is 5.88 Å².